The van der Waals surface area contributed by atoms with Crippen LogP contribution in [-0.4, -0.2) is 22.8 Å². The first-order valence-electron chi connectivity index (χ1n) is 8.28. The second-order valence-electron chi connectivity index (χ2n) is 5.82. The number of nitrogens with zero attached hydrogens (tertiary/aromatic N) is 3. The summed E-state index contributed by atoms with van der Waals surface area (Å²) < 4.78 is 1.96. The zero-order valence-electron chi connectivity index (χ0n) is 15.0. The molecular weight excluding hydrogens is 457 g/mol. The molecule has 1 aromatic carbocycles. The number of benzene rings is 1. The largest absolute Gasteiger partial charge is 0.352 e. The van der Waals surface area contributed by atoms with Crippen LogP contribution in [0.1, 0.15) is 20.9 Å². The Morgan fingerprint density at radius 2 is 1.85 bits per heavy atom. The third-order valence-corrected chi connectivity index (χ3v) is 4.78. The van der Waals surface area contributed by atoms with Crippen molar-refractivity contribution in [3.8, 4) is 0 Å². The lowest BCUT2D eigenvalue weighted by Crippen LogP contribution is -2.36. The van der Waals surface area contributed by atoms with Gasteiger partial charge < -0.3 is 10.6 Å². The van der Waals surface area contributed by atoms with Crippen LogP contribution in [0.5, 0.6) is 0 Å². The molecule has 2 aromatic heterocycles. The van der Waals surface area contributed by atoms with Gasteiger partial charge in [-0.3, -0.25) is 9.67 Å². The Labute approximate surface area is 175 Å². The summed E-state index contributed by atoms with van der Waals surface area (Å²) in [6.07, 6.45) is 3.96. The summed E-state index contributed by atoms with van der Waals surface area (Å²) in [6, 6.07) is 14.6. The van der Waals surface area contributed by atoms with Crippen LogP contribution in [0.4, 0.5) is 0 Å². The van der Waals surface area contributed by atoms with Crippen LogP contribution in [0.25, 0.3) is 0 Å². The van der Waals surface area contributed by atoms with Crippen molar-refractivity contribution in [2.75, 3.05) is 7.05 Å². The monoisotopic (exact) mass is 481 g/mol. The van der Waals surface area contributed by atoms with Gasteiger partial charge in [-0.1, -0.05) is 30.3 Å². The van der Waals surface area contributed by atoms with Gasteiger partial charge >= 0.3 is 0 Å². The van der Waals surface area contributed by atoms with Crippen molar-refractivity contribution >= 4 is 41.3 Å². The molecule has 7 heteroatoms. The number of hydrogen-bond acceptors (Lipinski definition) is 3. The van der Waals surface area contributed by atoms with Crippen molar-refractivity contribution in [3.05, 3.63) is 75.7 Å². The zero-order chi connectivity index (χ0) is 17.5. The molecule has 0 fully saturated rings. The topological polar surface area (TPSA) is 54.2 Å². The number of aromatic nitrogens is 2. The van der Waals surface area contributed by atoms with E-state index in [1.165, 1.54) is 15.3 Å². The van der Waals surface area contributed by atoms with Gasteiger partial charge in [-0.25, -0.2) is 0 Å². The molecule has 138 valence electrons. The first kappa shape index (κ1) is 20.4. The van der Waals surface area contributed by atoms with E-state index in [2.05, 4.69) is 58.1 Å². The van der Waals surface area contributed by atoms with Crippen LogP contribution in [0.2, 0.25) is 0 Å². The maximum atomic E-state index is 4.43. The van der Waals surface area contributed by atoms with E-state index in [0.29, 0.717) is 6.54 Å². The molecule has 0 atom stereocenters. The molecule has 0 aliphatic rings. The standard InChI is InChI=1S/C19H23N5S.HI/c1-15-8-9-18(25-15)12-22-19(20-2)21-10-17-11-23-24(14-17)13-16-6-4-3-5-7-16;/h3-9,11,14H,10,12-13H2,1-2H3,(H2,20,21,22);1H. The number of rotatable bonds is 6. The summed E-state index contributed by atoms with van der Waals surface area (Å²) in [5.41, 5.74) is 2.37. The number of halogens is 1. The number of aryl methyl sites for hydroxylation is 1. The van der Waals surface area contributed by atoms with Gasteiger partial charge in [-0.2, -0.15) is 5.10 Å². The Kier molecular flexibility index (Phi) is 8.11. The fourth-order valence-corrected chi connectivity index (χ4v) is 3.34. The molecule has 5 nitrogen and oxygen atoms in total. The molecule has 0 aliphatic carbocycles. The minimum absolute atomic E-state index is 0. The van der Waals surface area contributed by atoms with E-state index in [1.807, 2.05) is 29.1 Å². The van der Waals surface area contributed by atoms with Gasteiger partial charge in [0.1, 0.15) is 0 Å². The van der Waals surface area contributed by atoms with Crippen molar-refractivity contribution in [1.29, 1.82) is 0 Å². The predicted octanol–water partition coefficient (Wildman–Crippen LogP) is 3.78. The van der Waals surface area contributed by atoms with E-state index in [0.717, 1.165) is 24.6 Å². The molecule has 0 bridgehead atoms. The van der Waals surface area contributed by atoms with Crippen molar-refractivity contribution in [2.24, 2.45) is 4.99 Å². The second-order valence-corrected chi connectivity index (χ2v) is 7.20. The average molecular weight is 481 g/mol. The minimum atomic E-state index is 0. The normalized spacial score (nSPS) is 11.1. The summed E-state index contributed by atoms with van der Waals surface area (Å²) in [4.78, 5) is 6.90. The van der Waals surface area contributed by atoms with Gasteiger partial charge in [-0.15, -0.1) is 35.3 Å². The van der Waals surface area contributed by atoms with Crippen LogP contribution in [-0.2, 0) is 19.6 Å². The number of guanidine groups is 1. The van der Waals surface area contributed by atoms with E-state index >= 15 is 0 Å². The fraction of sp³-hybridized carbons (Fsp3) is 0.263. The molecule has 2 N–H and O–H groups in total. The first-order chi connectivity index (χ1) is 12.2. The van der Waals surface area contributed by atoms with Crippen LogP contribution in [0.15, 0.2) is 59.9 Å². The van der Waals surface area contributed by atoms with Crippen molar-refractivity contribution in [3.63, 3.8) is 0 Å². The predicted molar refractivity (Wildman–Crippen MR) is 119 cm³/mol. The lowest BCUT2D eigenvalue weighted by Gasteiger charge is -2.10. The third kappa shape index (κ3) is 6.14. The molecule has 0 saturated carbocycles. The summed E-state index contributed by atoms with van der Waals surface area (Å²) >= 11 is 1.80. The molecule has 0 unspecified atom stereocenters. The summed E-state index contributed by atoms with van der Waals surface area (Å²) in [6.45, 7) is 4.38. The molecule has 0 amide bonds. The Hall–Kier alpha value is -1.87. The van der Waals surface area contributed by atoms with Gasteiger partial charge in [0, 0.05) is 35.1 Å². The van der Waals surface area contributed by atoms with E-state index in [-0.39, 0.29) is 24.0 Å². The van der Waals surface area contributed by atoms with Crippen molar-refractivity contribution < 1.29 is 0 Å². The fourth-order valence-electron chi connectivity index (χ4n) is 2.51. The van der Waals surface area contributed by atoms with Gasteiger partial charge in [0.15, 0.2) is 5.96 Å². The third-order valence-electron chi connectivity index (χ3n) is 3.78. The number of thiophene rings is 1. The highest BCUT2D eigenvalue weighted by Crippen LogP contribution is 2.14. The Morgan fingerprint density at radius 3 is 2.54 bits per heavy atom. The van der Waals surface area contributed by atoms with Gasteiger partial charge in [-0.05, 0) is 24.6 Å². The molecular formula is C19H24IN5S. The lowest BCUT2D eigenvalue weighted by molar-refractivity contribution is 0.685. The molecule has 26 heavy (non-hydrogen) atoms. The van der Waals surface area contributed by atoms with E-state index < -0.39 is 0 Å². The summed E-state index contributed by atoms with van der Waals surface area (Å²) in [5, 5.41) is 11.1. The van der Waals surface area contributed by atoms with Crippen molar-refractivity contribution in [1.82, 2.24) is 20.4 Å². The van der Waals surface area contributed by atoms with Gasteiger partial charge in [0.2, 0.25) is 0 Å². The molecule has 0 saturated heterocycles. The highest BCUT2D eigenvalue weighted by molar-refractivity contribution is 14.0. The minimum Gasteiger partial charge on any atom is -0.352 e. The van der Waals surface area contributed by atoms with E-state index in [9.17, 15) is 0 Å². The lowest BCUT2D eigenvalue weighted by atomic mass is 10.2. The number of aliphatic imine (C=N–C) groups is 1. The molecule has 3 rings (SSSR count). The molecule has 0 aliphatic heterocycles. The maximum absolute atomic E-state index is 4.43. The molecule has 3 aromatic rings. The quantitative estimate of drug-likeness (QED) is 0.320. The van der Waals surface area contributed by atoms with Crippen LogP contribution in [0, 0.1) is 6.92 Å². The highest BCUT2D eigenvalue weighted by Gasteiger charge is 2.03. The first-order valence-corrected chi connectivity index (χ1v) is 9.09. The Morgan fingerprint density at radius 1 is 1.08 bits per heavy atom. The maximum Gasteiger partial charge on any atom is 0.191 e. The van der Waals surface area contributed by atoms with E-state index in [1.54, 1.807) is 18.4 Å². The Bertz CT molecular complexity index is 825. The number of nitrogens with one attached hydrogen (secondary N) is 2. The SMILES string of the molecule is CN=C(NCc1cnn(Cc2ccccc2)c1)NCc1ccc(C)s1.I. The Balaban J connectivity index is 0.00000243. The van der Waals surface area contributed by atoms with Crippen molar-refractivity contribution in [2.45, 2.75) is 26.6 Å². The summed E-state index contributed by atoms with van der Waals surface area (Å²) in [5.74, 6) is 0.793. The smallest absolute Gasteiger partial charge is 0.191 e. The zero-order valence-corrected chi connectivity index (χ0v) is 18.1. The number of hydrogen-bond donors (Lipinski definition) is 2. The molecule has 0 radical (unpaired) electrons. The van der Waals surface area contributed by atoms with Gasteiger partial charge in [0.25, 0.3) is 0 Å². The van der Waals surface area contributed by atoms with Crippen LogP contribution >= 0.6 is 35.3 Å². The van der Waals surface area contributed by atoms with Crippen LogP contribution < -0.4 is 10.6 Å². The van der Waals surface area contributed by atoms with Crippen LogP contribution in [0.3, 0.4) is 0 Å². The van der Waals surface area contributed by atoms with E-state index in [4.69, 9.17) is 0 Å². The summed E-state index contributed by atoms with van der Waals surface area (Å²) in [7, 11) is 1.79. The second kappa shape index (κ2) is 10.3. The molecule has 0 spiro atoms. The average Bonchev–Trinajstić information content (AvgIpc) is 3.25. The van der Waals surface area contributed by atoms with Gasteiger partial charge in [0.05, 0.1) is 19.3 Å². The highest BCUT2D eigenvalue weighted by atomic mass is 127. The molecule has 2 heterocycles.